The fraction of sp³-hybridized carbons (Fsp3) is 0.417. The summed E-state index contributed by atoms with van der Waals surface area (Å²) in [6.45, 7) is 3.45. The molecule has 0 unspecified atom stereocenters. The van der Waals surface area contributed by atoms with Crippen LogP contribution in [0.2, 0.25) is 0 Å². The predicted molar refractivity (Wildman–Crippen MR) is 58.4 cm³/mol. The van der Waals surface area contributed by atoms with Gasteiger partial charge in [-0.05, 0) is 19.9 Å². The zero-order chi connectivity index (χ0) is 11.4. The molecule has 15 heavy (non-hydrogen) atoms. The van der Waals surface area contributed by atoms with Crippen molar-refractivity contribution in [1.82, 2.24) is 0 Å². The summed E-state index contributed by atoms with van der Waals surface area (Å²) in [5.41, 5.74) is 1.49. The first-order valence-electron chi connectivity index (χ1n) is 4.82. The van der Waals surface area contributed by atoms with Crippen molar-refractivity contribution >= 4 is 5.78 Å². The number of carbonyl (C=O) groups is 1. The van der Waals surface area contributed by atoms with Gasteiger partial charge in [0.1, 0.15) is 5.75 Å². The summed E-state index contributed by atoms with van der Waals surface area (Å²) in [5, 5.41) is 0. The Balaban J connectivity index is 3.28. The Kier molecular flexibility index (Phi) is 3.86. The third kappa shape index (κ3) is 2.36. The van der Waals surface area contributed by atoms with Crippen LogP contribution in [0.1, 0.15) is 35.9 Å². The first kappa shape index (κ1) is 11.7. The van der Waals surface area contributed by atoms with Crippen LogP contribution in [0, 0.1) is 0 Å². The van der Waals surface area contributed by atoms with Gasteiger partial charge in [0.2, 0.25) is 0 Å². The van der Waals surface area contributed by atoms with Crippen LogP contribution in [-0.2, 0) is 4.74 Å². The minimum Gasteiger partial charge on any atom is -0.496 e. The summed E-state index contributed by atoms with van der Waals surface area (Å²) in [6, 6.07) is 5.50. The molecule has 0 radical (unpaired) electrons. The third-order valence-corrected chi connectivity index (χ3v) is 2.42. The van der Waals surface area contributed by atoms with E-state index >= 15 is 0 Å². The molecule has 0 fully saturated rings. The van der Waals surface area contributed by atoms with Gasteiger partial charge in [-0.15, -0.1) is 0 Å². The van der Waals surface area contributed by atoms with Crippen LogP contribution in [0.5, 0.6) is 5.75 Å². The predicted octanol–water partition coefficient (Wildman–Crippen LogP) is 2.61. The summed E-state index contributed by atoms with van der Waals surface area (Å²) < 4.78 is 10.5. The highest BCUT2D eigenvalue weighted by Gasteiger charge is 2.16. The molecule has 0 aliphatic carbocycles. The number of para-hydroxylation sites is 1. The van der Waals surface area contributed by atoms with Crippen LogP contribution in [-0.4, -0.2) is 20.0 Å². The second-order valence-corrected chi connectivity index (χ2v) is 3.36. The lowest BCUT2D eigenvalue weighted by Gasteiger charge is -2.16. The lowest BCUT2D eigenvalue weighted by molar-refractivity contribution is 0.101. The van der Waals surface area contributed by atoms with Gasteiger partial charge in [0, 0.05) is 12.7 Å². The van der Waals surface area contributed by atoms with Crippen molar-refractivity contribution in [2.75, 3.05) is 14.2 Å². The van der Waals surface area contributed by atoms with Gasteiger partial charge in [0.15, 0.2) is 5.78 Å². The fourth-order valence-corrected chi connectivity index (χ4v) is 1.51. The first-order chi connectivity index (χ1) is 7.11. The van der Waals surface area contributed by atoms with Crippen LogP contribution >= 0.6 is 0 Å². The highest BCUT2D eigenvalue weighted by Crippen LogP contribution is 2.30. The molecule has 0 aromatic heterocycles. The molecule has 1 atom stereocenters. The van der Waals surface area contributed by atoms with E-state index in [-0.39, 0.29) is 11.9 Å². The molecule has 0 saturated carbocycles. The van der Waals surface area contributed by atoms with E-state index in [1.165, 1.54) is 6.92 Å². The molecule has 0 aliphatic rings. The topological polar surface area (TPSA) is 35.5 Å². The number of hydrogen-bond donors (Lipinski definition) is 0. The summed E-state index contributed by atoms with van der Waals surface area (Å²) in [4.78, 5) is 11.4. The second kappa shape index (κ2) is 4.94. The molecule has 1 rings (SSSR count). The normalized spacial score (nSPS) is 12.3. The first-order valence-corrected chi connectivity index (χ1v) is 4.82. The van der Waals surface area contributed by atoms with Gasteiger partial charge >= 0.3 is 0 Å². The van der Waals surface area contributed by atoms with E-state index in [0.29, 0.717) is 11.3 Å². The van der Waals surface area contributed by atoms with Gasteiger partial charge in [0.25, 0.3) is 0 Å². The Bertz CT molecular complexity index is 358. The van der Waals surface area contributed by atoms with Crippen molar-refractivity contribution in [3.63, 3.8) is 0 Å². The smallest absolute Gasteiger partial charge is 0.163 e. The number of benzene rings is 1. The molecule has 1 aromatic rings. The number of carbonyl (C=O) groups excluding carboxylic acids is 1. The Morgan fingerprint density at radius 3 is 2.47 bits per heavy atom. The zero-order valence-corrected chi connectivity index (χ0v) is 9.53. The number of ether oxygens (including phenoxy) is 2. The molecule has 0 amide bonds. The molecular weight excluding hydrogens is 192 g/mol. The molecule has 0 heterocycles. The van der Waals surface area contributed by atoms with Gasteiger partial charge in [-0.1, -0.05) is 12.1 Å². The molecule has 0 aliphatic heterocycles. The van der Waals surface area contributed by atoms with E-state index in [1.54, 1.807) is 20.3 Å². The Labute approximate surface area is 90.0 Å². The van der Waals surface area contributed by atoms with Crippen molar-refractivity contribution in [2.45, 2.75) is 20.0 Å². The minimum atomic E-state index is -0.0840. The van der Waals surface area contributed by atoms with Gasteiger partial charge in [-0.25, -0.2) is 0 Å². The Morgan fingerprint density at radius 1 is 1.33 bits per heavy atom. The van der Waals surface area contributed by atoms with E-state index in [9.17, 15) is 4.79 Å². The molecule has 0 N–H and O–H groups in total. The van der Waals surface area contributed by atoms with Gasteiger partial charge in [-0.2, -0.15) is 0 Å². The molecular formula is C12H16O3. The molecule has 0 spiro atoms. The lowest BCUT2D eigenvalue weighted by atomic mass is 10.0. The van der Waals surface area contributed by atoms with Crippen LogP contribution in [0.25, 0.3) is 0 Å². The second-order valence-electron chi connectivity index (χ2n) is 3.36. The zero-order valence-electron chi connectivity index (χ0n) is 9.53. The van der Waals surface area contributed by atoms with Gasteiger partial charge < -0.3 is 9.47 Å². The molecule has 82 valence electrons. The van der Waals surface area contributed by atoms with Crippen molar-refractivity contribution < 1.29 is 14.3 Å². The highest BCUT2D eigenvalue weighted by molar-refractivity contribution is 5.97. The standard InChI is InChI=1S/C12H16O3/c1-8(13)10-6-5-7-11(9(2)14-3)12(10)15-4/h5-7,9H,1-4H3/t9-/m0/s1. The van der Waals surface area contributed by atoms with Crippen molar-refractivity contribution in [2.24, 2.45) is 0 Å². The molecule has 3 heteroatoms. The maximum absolute atomic E-state index is 11.4. The average molecular weight is 208 g/mol. The quantitative estimate of drug-likeness (QED) is 0.713. The Hall–Kier alpha value is -1.35. The minimum absolute atomic E-state index is 0.00277. The summed E-state index contributed by atoms with van der Waals surface area (Å²) in [6.07, 6.45) is -0.0840. The SMILES string of the molecule is COc1c(C(C)=O)cccc1[C@H](C)OC. The van der Waals surface area contributed by atoms with E-state index in [4.69, 9.17) is 9.47 Å². The molecule has 0 bridgehead atoms. The summed E-state index contributed by atoms with van der Waals surface area (Å²) >= 11 is 0. The van der Waals surface area contributed by atoms with Gasteiger partial charge in [0.05, 0.1) is 18.8 Å². The van der Waals surface area contributed by atoms with E-state index < -0.39 is 0 Å². The maximum atomic E-state index is 11.4. The largest absolute Gasteiger partial charge is 0.496 e. The number of hydrogen-bond acceptors (Lipinski definition) is 3. The number of ketones is 1. The van der Waals surface area contributed by atoms with Crippen LogP contribution in [0.4, 0.5) is 0 Å². The lowest BCUT2D eigenvalue weighted by Crippen LogP contribution is -2.04. The van der Waals surface area contributed by atoms with E-state index in [2.05, 4.69) is 0 Å². The van der Waals surface area contributed by atoms with Crippen LogP contribution in [0.3, 0.4) is 0 Å². The Morgan fingerprint density at radius 2 is 2.00 bits per heavy atom. The highest BCUT2D eigenvalue weighted by atomic mass is 16.5. The van der Waals surface area contributed by atoms with Crippen molar-refractivity contribution in [3.8, 4) is 5.75 Å². The molecule has 3 nitrogen and oxygen atoms in total. The van der Waals surface area contributed by atoms with Crippen LogP contribution < -0.4 is 4.74 Å². The molecule has 1 aromatic carbocycles. The number of Topliss-reactive ketones (excluding diaryl/α,β-unsaturated/α-hetero) is 1. The van der Waals surface area contributed by atoms with Crippen LogP contribution in [0.15, 0.2) is 18.2 Å². The third-order valence-electron chi connectivity index (χ3n) is 2.42. The van der Waals surface area contributed by atoms with Gasteiger partial charge in [-0.3, -0.25) is 4.79 Å². The summed E-state index contributed by atoms with van der Waals surface area (Å²) in [5.74, 6) is 0.608. The van der Waals surface area contributed by atoms with Crippen molar-refractivity contribution in [3.05, 3.63) is 29.3 Å². The number of rotatable bonds is 4. The van der Waals surface area contributed by atoms with Crippen molar-refractivity contribution in [1.29, 1.82) is 0 Å². The molecule has 0 saturated heterocycles. The van der Waals surface area contributed by atoms with E-state index in [1.807, 2.05) is 19.1 Å². The fourth-order valence-electron chi connectivity index (χ4n) is 1.51. The van der Waals surface area contributed by atoms with E-state index in [0.717, 1.165) is 5.56 Å². The average Bonchev–Trinajstić information content (AvgIpc) is 2.26. The number of methoxy groups -OCH3 is 2. The summed E-state index contributed by atoms with van der Waals surface area (Å²) in [7, 11) is 3.19. The maximum Gasteiger partial charge on any atom is 0.163 e. The monoisotopic (exact) mass is 208 g/mol.